The standard InChI is InChI=1S/C18H29N3O2/c1-15-16(2)21(14-22)13-12-19(15)9-3-4-17(23)20-10-7-18(5-6-18)8-11-20/h14,16H,1,3-13H2,2H3. The molecule has 1 saturated carbocycles. The Kier molecular flexibility index (Phi) is 4.64. The van der Waals surface area contributed by atoms with Gasteiger partial charge in [0.15, 0.2) is 0 Å². The van der Waals surface area contributed by atoms with E-state index < -0.39 is 0 Å². The predicted octanol–water partition coefficient (Wildman–Crippen LogP) is 1.85. The highest BCUT2D eigenvalue weighted by atomic mass is 16.2. The molecule has 0 bridgehead atoms. The summed E-state index contributed by atoms with van der Waals surface area (Å²) in [4.78, 5) is 29.4. The summed E-state index contributed by atoms with van der Waals surface area (Å²) >= 11 is 0. The van der Waals surface area contributed by atoms with Crippen LogP contribution in [-0.4, -0.2) is 65.8 Å². The zero-order valence-electron chi connectivity index (χ0n) is 14.3. The third kappa shape index (κ3) is 3.54. The van der Waals surface area contributed by atoms with Gasteiger partial charge in [0.25, 0.3) is 0 Å². The highest BCUT2D eigenvalue weighted by molar-refractivity contribution is 5.76. The molecule has 5 heteroatoms. The third-order valence-corrected chi connectivity index (χ3v) is 6.10. The van der Waals surface area contributed by atoms with Crippen molar-refractivity contribution in [2.75, 3.05) is 32.7 Å². The van der Waals surface area contributed by atoms with Crippen molar-refractivity contribution >= 4 is 12.3 Å². The minimum Gasteiger partial charge on any atom is -0.372 e. The molecule has 3 rings (SSSR count). The Balaban J connectivity index is 1.38. The molecule has 1 aliphatic carbocycles. The van der Waals surface area contributed by atoms with Gasteiger partial charge in [-0.25, -0.2) is 0 Å². The number of nitrogens with zero attached hydrogens (tertiary/aromatic N) is 3. The van der Waals surface area contributed by atoms with Gasteiger partial charge in [-0.2, -0.15) is 0 Å². The van der Waals surface area contributed by atoms with E-state index in [1.807, 2.05) is 6.92 Å². The van der Waals surface area contributed by atoms with Gasteiger partial charge in [0.2, 0.25) is 12.3 Å². The normalized spacial score (nSPS) is 26.6. The fraction of sp³-hybridized carbons (Fsp3) is 0.778. The number of likely N-dealkylation sites (tertiary alicyclic amines) is 1. The molecule has 0 radical (unpaired) electrons. The summed E-state index contributed by atoms with van der Waals surface area (Å²) in [6.45, 7) is 10.5. The van der Waals surface area contributed by atoms with Crippen LogP contribution in [0.15, 0.2) is 12.3 Å². The topological polar surface area (TPSA) is 43.9 Å². The third-order valence-electron chi connectivity index (χ3n) is 6.10. The fourth-order valence-corrected chi connectivity index (χ4v) is 3.91. The smallest absolute Gasteiger partial charge is 0.222 e. The highest BCUT2D eigenvalue weighted by Gasteiger charge is 2.44. The first-order chi connectivity index (χ1) is 11.0. The van der Waals surface area contributed by atoms with Crippen LogP contribution in [0.2, 0.25) is 0 Å². The lowest BCUT2D eigenvalue weighted by Crippen LogP contribution is -2.49. The molecule has 2 aliphatic heterocycles. The molecule has 5 nitrogen and oxygen atoms in total. The number of piperidine rings is 1. The molecule has 3 fully saturated rings. The first-order valence-corrected chi connectivity index (χ1v) is 8.97. The average Bonchev–Trinajstić information content (AvgIpc) is 3.31. The molecular formula is C18H29N3O2. The van der Waals surface area contributed by atoms with Crippen molar-refractivity contribution < 1.29 is 9.59 Å². The van der Waals surface area contributed by atoms with E-state index in [1.165, 1.54) is 25.7 Å². The van der Waals surface area contributed by atoms with Gasteiger partial charge in [-0.3, -0.25) is 9.59 Å². The van der Waals surface area contributed by atoms with Gasteiger partial charge in [0, 0.05) is 44.8 Å². The molecule has 23 heavy (non-hydrogen) atoms. The zero-order chi connectivity index (χ0) is 16.4. The van der Waals surface area contributed by atoms with Crippen molar-refractivity contribution in [3.05, 3.63) is 12.3 Å². The van der Waals surface area contributed by atoms with Crippen molar-refractivity contribution in [1.82, 2.24) is 14.7 Å². The summed E-state index contributed by atoms with van der Waals surface area (Å²) in [5.74, 6) is 0.311. The number of hydrogen-bond donors (Lipinski definition) is 0. The molecule has 3 aliphatic rings. The molecule has 2 saturated heterocycles. The molecule has 2 heterocycles. The van der Waals surface area contributed by atoms with Crippen LogP contribution in [0.5, 0.6) is 0 Å². The molecule has 128 valence electrons. The van der Waals surface area contributed by atoms with Crippen LogP contribution >= 0.6 is 0 Å². The van der Waals surface area contributed by atoms with E-state index in [2.05, 4.69) is 16.4 Å². The van der Waals surface area contributed by atoms with Crippen LogP contribution in [-0.2, 0) is 9.59 Å². The first-order valence-electron chi connectivity index (χ1n) is 8.97. The van der Waals surface area contributed by atoms with Crippen LogP contribution in [0.25, 0.3) is 0 Å². The van der Waals surface area contributed by atoms with Gasteiger partial charge in [-0.15, -0.1) is 0 Å². The van der Waals surface area contributed by atoms with Crippen molar-refractivity contribution in [1.29, 1.82) is 0 Å². The number of hydrogen-bond acceptors (Lipinski definition) is 3. The molecule has 2 amide bonds. The van der Waals surface area contributed by atoms with E-state index in [4.69, 9.17) is 0 Å². The Morgan fingerprint density at radius 1 is 1.22 bits per heavy atom. The summed E-state index contributed by atoms with van der Waals surface area (Å²) in [7, 11) is 0. The van der Waals surface area contributed by atoms with E-state index >= 15 is 0 Å². The first kappa shape index (κ1) is 16.3. The zero-order valence-corrected chi connectivity index (χ0v) is 14.3. The van der Waals surface area contributed by atoms with Crippen molar-refractivity contribution in [2.24, 2.45) is 5.41 Å². The summed E-state index contributed by atoms with van der Waals surface area (Å²) in [5.41, 5.74) is 1.62. The quantitative estimate of drug-likeness (QED) is 0.726. The summed E-state index contributed by atoms with van der Waals surface area (Å²) in [5, 5.41) is 0. The van der Waals surface area contributed by atoms with E-state index in [0.717, 1.165) is 51.3 Å². The maximum atomic E-state index is 12.3. The van der Waals surface area contributed by atoms with Crippen LogP contribution in [0.3, 0.4) is 0 Å². The van der Waals surface area contributed by atoms with E-state index in [-0.39, 0.29) is 6.04 Å². The second kappa shape index (κ2) is 6.54. The molecule has 0 aromatic carbocycles. The number of carbonyl (C=O) groups is 2. The molecule has 0 N–H and O–H groups in total. The summed E-state index contributed by atoms with van der Waals surface area (Å²) in [6.07, 6.45) is 7.57. The van der Waals surface area contributed by atoms with Crippen LogP contribution < -0.4 is 0 Å². The van der Waals surface area contributed by atoms with Crippen LogP contribution in [0.4, 0.5) is 0 Å². The minimum atomic E-state index is 0.0637. The van der Waals surface area contributed by atoms with E-state index in [9.17, 15) is 9.59 Å². The fourth-order valence-electron chi connectivity index (χ4n) is 3.91. The Labute approximate surface area is 139 Å². The molecule has 1 atom stereocenters. The highest BCUT2D eigenvalue weighted by Crippen LogP contribution is 2.53. The minimum absolute atomic E-state index is 0.0637. The van der Waals surface area contributed by atoms with Gasteiger partial charge in [0.1, 0.15) is 0 Å². The van der Waals surface area contributed by atoms with Crippen molar-refractivity contribution in [3.63, 3.8) is 0 Å². The SMILES string of the molecule is C=C1C(C)N(C=O)CCN1CCCC(=O)N1CCC2(CC1)CC2. The number of amides is 2. The lowest BCUT2D eigenvalue weighted by molar-refractivity contribution is -0.132. The van der Waals surface area contributed by atoms with E-state index in [1.54, 1.807) is 4.90 Å². The summed E-state index contributed by atoms with van der Waals surface area (Å²) < 4.78 is 0. The van der Waals surface area contributed by atoms with Gasteiger partial charge < -0.3 is 14.7 Å². The molecular weight excluding hydrogens is 290 g/mol. The maximum Gasteiger partial charge on any atom is 0.222 e. The Morgan fingerprint density at radius 2 is 1.91 bits per heavy atom. The maximum absolute atomic E-state index is 12.3. The lowest BCUT2D eigenvalue weighted by atomic mass is 9.93. The van der Waals surface area contributed by atoms with Crippen molar-refractivity contribution in [2.45, 2.75) is 51.5 Å². The Bertz CT molecular complexity index is 477. The second-order valence-corrected chi connectivity index (χ2v) is 7.48. The van der Waals surface area contributed by atoms with E-state index in [0.29, 0.717) is 17.7 Å². The van der Waals surface area contributed by atoms with Gasteiger partial charge in [-0.05, 0) is 44.4 Å². The van der Waals surface area contributed by atoms with Crippen molar-refractivity contribution in [3.8, 4) is 0 Å². The molecule has 1 unspecified atom stereocenters. The average molecular weight is 319 g/mol. The van der Waals surface area contributed by atoms with Gasteiger partial charge in [0.05, 0.1) is 6.04 Å². The largest absolute Gasteiger partial charge is 0.372 e. The molecule has 0 aromatic heterocycles. The number of rotatable bonds is 5. The lowest BCUT2D eigenvalue weighted by Gasteiger charge is -2.41. The molecule has 0 aromatic rings. The Hall–Kier alpha value is -1.52. The Morgan fingerprint density at radius 3 is 2.52 bits per heavy atom. The monoisotopic (exact) mass is 319 g/mol. The molecule has 1 spiro atoms. The van der Waals surface area contributed by atoms with Gasteiger partial charge in [-0.1, -0.05) is 6.58 Å². The van der Waals surface area contributed by atoms with Gasteiger partial charge >= 0.3 is 0 Å². The number of carbonyl (C=O) groups excluding carboxylic acids is 2. The summed E-state index contributed by atoms with van der Waals surface area (Å²) in [6, 6.07) is 0.0637. The van der Waals surface area contributed by atoms with Crippen LogP contribution in [0, 0.1) is 5.41 Å². The van der Waals surface area contributed by atoms with Crippen LogP contribution in [0.1, 0.15) is 45.4 Å². The number of piperazine rings is 1. The predicted molar refractivity (Wildman–Crippen MR) is 89.7 cm³/mol. The second-order valence-electron chi connectivity index (χ2n) is 7.48.